The topological polar surface area (TPSA) is 77.6 Å². The molecule has 0 spiro atoms. The molecule has 33 heavy (non-hydrogen) atoms. The number of carbonyl (C=O) groups is 1. The lowest BCUT2D eigenvalue weighted by Crippen LogP contribution is -2.30. The zero-order valence-electron chi connectivity index (χ0n) is 20.3. The zero-order valence-corrected chi connectivity index (χ0v) is 20.3. The van der Waals surface area contributed by atoms with E-state index in [1.807, 2.05) is 48.3 Å². The number of fused-ring (bicyclic) bond motifs is 1. The summed E-state index contributed by atoms with van der Waals surface area (Å²) in [6, 6.07) is 12.2. The molecule has 3 aromatic heterocycles. The minimum absolute atomic E-state index is 0.102. The molecule has 0 aliphatic carbocycles. The number of aromatic nitrogens is 5. The molecule has 7 heteroatoms. The molecule has 7 nitrogen and oxygen atoms in total. The molecule has 4 aromatic rings. The summed E-state index contributed by atoms with van der Waals surface area (Å²) in [5.41, 5.74) is 7.26. The SMILES string of the molecule is CCn1nc(C)c2c(C(=O)NC[C@@H](C)Cn3nc(C)cc3C)cc(-c3ccc(C)cc3)nc21. The molecule has 172 valence electrons. The first-order chi connectivity index (χ1) is 15.8. The van der Waals surface area contributed by atoms with Crippen LogP contribution in [0, 0.1) is 33.6 Å². The van der Waals surface area contributed by atoms with E-state index >= 15 is 0 Å². The van der Waals surface area contributed by atoms with E-state index in [-0.39, 0.29) is 11.8 Å². The fourth-order valence-corrected chi connectivity index (χ4v) is 4.21. The summed E-state index contributed by atoms with van der Waals surface area (Å²) in [5, 5.41) is 13.1. The molecule has 0 saturated carbocycles. The van der Waals surface area contributed by atoms with E-state index in [0.717, 1.165) is 45.9 Å². The lowest BCUT2D eigenvalue weighted by Gasteiger charge is -2.15. The van der Waals surface area contributed by atoms with Crippen molar-refractivity contribution in [2.24, 2.45) is 5.92 Å². The first-order valence-corrected chi connectivity index (χ1v) is 11.5. The fourth-order valence-electron chi connectivity index (χ4n) is 4.21. The number of hydrogen-bond acceptors (Lipinski definition) is 4. The van der Waals surface area contributed by atoms with Crippen molar-refractivity contribution in [3.63, 3.8) is 0 Å². The van der Waals surface area contributed by atoms with Crippen LogP contribution in [-0.4, -0.2) is 37.0 Å². The van der Waals surface area contributed by atoms with Crippen LogP contribution < -0.4 is 5.32 Å². The van der Waals surface area contributed by atoms with E-state index in [9.17, 15) is 4.79 Å². The highest BCUT2D eigenvalue weighted by Crippen LogP contribution is 2.27. The van der Waals surface area contributed by atoms with E-state index < -0.39 is 0 Å². The second-order valence-corrected chi connectivity index (χ2v) is 8.95. The maximum atomic E-state index is 13.4. The Kier molecular flexibility index (Phi) is 6.31. The lowest BCUT2D eigenvalue weighted by molar-refractivity contribution is 0.0948. The summed E-state index contributed by atoms with van der Waals surface area (Å²) < 4.78 is 3.87. The van der Waals surface area contributed by atoms with Gasteiger partial charge in [-0.3, -0.25) is 9.48 Å². The molecule has 0 aliphatic heterocycles. The number of carbonyl (C=O) groups excluding carboxylic acids is 1. The molecule has 4 rings (SSSR count). The maximum absolute atomic E-state index is 13.4. The van der Waals surface area contributed by atoms with E-state index in [0.29, 0.717) is 18.7 Å². The van der Waals surface area contributed by atoms with Crippen molar-refractivity contribution in [2.75, 3.05) is 6.54 Å². The van der Waals surface area contributed by atoms with Crippen molar-refractivity contribution in [1.82, 2.24) is 29.9 Å². The molecule has 1 amide bonds. The molecule has 1 atom stereocenters. The number of pyridine rings is 1. The Balaban J connectivity index is 1.63. The van der Waals surface area contributed by atoms with Gasteiger partial charge < -0.3 is 5.32 Å². The van der Waals surface area contributed by atoms with Crippen LogP contribution >= 0.6 is 0 Å². The number of nitrogens with zero attached hydrogens (tertiary/aromatic N) is 5. The van der Waals surface area contributed by atoms with Crippen LogP contribution in [0.15, 0.2) is 36.4 Å². The van der Waals surface area contributed by atoms with E-state index in [4.69, 9.17) is 4.98 Å². The Morgan fingerprint density at radius 3 is 2.39 bits per heavy atom. The molecule has 0 radical (unpaired) electrons. The molecule has 1 aromatic carbocycles. The van der Waals surface area contributed by atoms with E-state index in [1.165, 1.54) is 5.56 Å². The summed E-state index contributed by atoms with van der Waals surface area (Å²) >= 11 is 0. The largest absolute Gasteiger partial charge is 0.352 e. The monoisotopic (exact) mass is 444 g/mol. The second kappa shape index (κ2) is 9.17. The number of hydrogen-bond donors (Lipinski definition) is 1. The van der Waals surface area contributed by atoms with Gasteiger partial charge in [0.15, 0.2) is 5.65 Å². The van der Waals surface area contributed by atoms with Gasteiger partial charge in [-0.25, -0.2) is 9.67 Å². The van der Waals surface area contributed by atoms with Crippen LogP contribution in [0.2, 0.25) is 0 Å². The van der Waals surface area contributed by atoms with Crippen LogP contribution in [0.1, 0.15) is 46.9 Å². The van der Waals surface area contributed by atoms with Gasteiger partial charge in [0.1, 0.15) is 0 Å². The smallest absolute Gasteiger partial charge is 0.252 e. The van der Waals surface area contributed by atoms with Gasteiger partial charge in [0.2, 0.25) is 0 Å². The normalized spacial score (nSPS) is 12.3. The minimum atomic E-state index is -0.102. The van der Waals surface area contributed by atoms with Gasteiger partial charge in [0.05, 0.1) is 28.0 Å². The third-order valence-electron chi connectivity index (χ3n) is 5.97. The summed E-state index contributed by atoms with van der Waals surface area (Å²) in [6.45, 7) is 14.2. The van der Waals surface area contributed by atoms with Crippen molar-refractivity contribution < 1.29 is 4.79 Å². The van der Waals surface area contributed by atoms with Gasteiger partial charge in [-0.05, 0) is 52.7 Å². The minimum Gasteiger partial charge on any atom is -0.352 e. The lowest BCUT2D eigenvalue weighted by atomic mass is 10.0. The molecule has 0 unspecified atom stereocenters. The standard InChI is InChI=1S/C26H32N6O/c1-7-31-25-24(20(6)30-31)22(13-23(28-25)21-10-8-16(2)9-11-21)26(33)27-14-17(3)15-32-19(5)12-18(4)29-32/h8-13,17H,7,14-15H2,1-6H3,(H,27,33)/t17-/m1/s1. The Morgan fingerprint density at radius 2 is 1.76 bits per heavy atom. The quantitative estimate of drug-likeness (QED) is 0.451. The molecular weight excluding hydrogens is 412 g/mol. The maximum Gasteiger partial charge on any atom is 0.252 e. The third-order valence-corrected chi connectivity index (χ3v) is 5.97. The number of rotatable bonds is 7. The Hall–Kier alpha value is -3.48. The van der Waals surface area contributed by atoms with Gasteiger partial charge >= 0.3 is 0 Å². The first kappa shape index (κ1) is 22.7. The Morgan fingerprint density at radius 1 is 1.03 bits per heavy atom. The molecule has 0 saturated heterocycles. The third kappa shape index (κ3) is 4.67. The van der Waals surface area contributed by atoms with E-state index in [1.54, 1.807) is 0 Å². The molecule has 0 fully saturated rings. The highest BCUT2D eigenvalue weighted by Gasteiger charge is 2.20. The van der Waals surface area contributed by atoms with Crippen molar-refractivity contribution in [3.05, 3.63) is 64.6 Å². The van der Waals surface area contributed by atoms with Crippen LogP contribution in [0.5, 0.6) is 0 Å². The summed E-state index contributed by atoms with van der Waals surface area (Å²) in [4.78, 5) is 18.3. The average molecular weight is 445 g/mol. The van der Waals surface area contributed by atoms with Gasteiger partial charge in [-0.1, -0.05) is 36.8 Å². The van der Waals surface area contributed by atoms with Crippen LogP contribution in [0.4, 0.5) is 0 Å². The van der Waals surface area contributed by atoms with Gasteiger partial charge in [0.25, 0.3) is 5.91 Å². The molecule has 3 heterocycles. The van der Waals surface area contributed by atoms with Crippen molar-refractivity contribution in [1.29, 1.82) is 0 Å². The van der Waals surface area contributed by atoms with Crippen molar-refractivity contribution in [3.8, 4) is 11.3 Å². The second-order valence-electron chi connectivity index (χ2n) is 8.95. The predicted octanol–water partition coefficient (Wildman–Crippen LogP) is 4.61. The molecule has 0 aliphatic rings. The summed E-state index contributed by atoms with van der Waals surface area (Å²) in [7, 11) is 0. The predicted molar refractivity (Wildman–Crippen MR) is 131 cm³/mol. The number of aryl methyl sites for hydroxylation is 5. The van der Waals surface area contributed by atoms with Crippen LogP contribution in [-0.2, 0) is 13.1 Å². The summed E-state index contributed by atoms with van der Waals surface area (Å²) in [5.74, 6) is 0.134. The molecule has 0 bridgehead atoms. The number of nitrogens with one attached hydrogen (secondary N) is 1. The number of amides is 1. The molecule has 1 N–H and O–H groups in total. The highest BCUT2D eigenvalue weighted by atomic mass is 16.1. The average Bonchev–Trinajstić information content (AvgIpc) is 3.29. The van der Waals surface area contributed by atoms with Gasteiger partial charge in [-0.2, -0.15) is 10.2 Å². The highest BCUT2D eigenvalue weighted by molar-refractivity contribution is 6.07. The number of benzene rings is 1. The van der Waals surface area contributed by atoms with Crippen LogP contribution in [0.3, 0.4) is 0 Å². The summed E-state index contributed by atoms with van der Waals surface area (Å²) in [6.07, 6.45) is 0. The Bertz CT molecular complexity index is 1300. The first-order valence-electron chi connectivity index (χ1n) is 11.5. The molecular formula is C26H32N6O. The zero-order chi connectivity index (χ0) is 23.7. The Labute approximate surface area is 194 Å². The fraction of sp³-hybridized carbons (Fsp3) is 0.385. The van der Waals surface area contributed by atoms with Crippen molar-refractivity contribution >= 4 is 16.9 Å². The van der Waals surface area contributed by atoms with Gasteiger partial charge in [0, 0.05) is 30.9 Å². The van der Waals surface area contributed by atoms with Gasteiger partial charge in [-0.15, -0.1) is 0 Å². The van der Waals surface area contributed by atoms with Crippen molar-refractivity contribution in [2.45, 2.75) is 54.6 Å². The van der Waals surface area contributed by atoms with Crippen LogP contribution in [0.25, 0.3) is 22.3 Å². The van der Waals surface area contributed by atoms with E-state index in [2.05, 4.69) is 54.5 Å².